The maximum atomic E-state index is 13.3. The number of allylic oxidation sites excluding steroid dienone is 1. The van der Waals surface area contributed by atoms with Crippen molar-refractivity contribution in [1.82, 2.24) is 10.4 Å². The zero-order chi connectivity index (χ0) is 25.9. The number of nitrogens with two attached hydrogens (primary N) is 1. The van der Waals surface area contributed by atoms with Crippen molar-refractivity contribution in [2.75, 3.05) is 7.05 Å². The summed E-state index contributed by atoms with van der Waals surface area (Å²) in [6, 6.07) is 8.37. The summed E-state index contributed by atoms with van der Waals surface area (Å²) in [5.74, 6) is -3.05. The van der Waals surface area contributed by atoms with Gasteiger partial charge in [-0.05, 0) is 41.2 Å². The van der Waals surface area contributed by atoms with Crippen LogP contribution in [0, 0.1) is 5.92 Å². The highest BCUT2D eigenvalue weighted by molar-refractivity contribution is 6.40. The number of carbonyl (C=O) groups is 3. The molecule has 0 saturated carbocycles. The molecule has 2 atom stereocenters. The smallest absolute Gasteiger partial charge is 0.306 e. The molecule has 2 aromatic rings. The molecule has 8 nitrogen and oxygen atoms in total. The van der Waals surface area contributed by atoms with Gasteiger partial charge in [0, 0.05) is 30.6 Å². The Balaban J connectivity index is 1.97. The first-order valence-electron chi connectivity index (χ1n) is 10.9. The Labute approximate surface area is 213 Å². The number of rotatable bonds is 7. The van der Waals surface area contributed by atoms with Gasteiger partial charge in [-0.2, -0.15) is 0 Å². The predicted molar refractivity (Wildman–Crippen MR) is 137 cm³/mol. The summed E-state index contributed by atoms with van der Waals surface area (Å²) in [5, 5.41) is 10.8. The average Bonchev–Trinajstić information content (AvgIpc) is 2.82. The number of hydrazine groups is 1. The Morgan fingerprint density at radius 2 is 1.94 bits per heavy atom. The summed E-state index contributed by atoms with van der Waals surface area (Å²) in [6.07, 6.45) is 3.43. The number of carbonyl (C=O) groups excluding carboxylic acids is 2. The SMILES string of the molecule is CC[C@@H](c1cccc2c1C(=O)NN(C(=O)c1c(Cl)cc(C(C=NC)=CN)cc1Cl)C2)[C@H](C)C(=O)O. The second-order valence-corrected chi connectivity index (χ2v) is 8.99. The van der Waals surface area contributed by atoms with E-state index in [1.165, 1.54) is 12.4 Å². The van der Waals surface area contributed by atoms with E-state index < -0.39 is 23.7 Å². The van der Waals surface area contributed by atoms with Crippen molar-refractivity contribution < 1.29 is 19.5 Å². The molecule has 0 aliphatic carbocycles. The first-order valence-corrected chi connectivity index (χ1v) is 11.7. The molecular formula is C25H26Cl2N4O4. The summed E-state index contributed by atoms with van der Waals surface area (Å²) >= 11 is 12.8. The quantitative estimate of drug-likeness (QED) is 0.466. The molecule has 2 aromatic carbocycles. The third-order valence-electron chi connectivity index (χ3n) is 6.09. The minimum absolute atomic E-state index is 0.0349. The summed E-state index contributed by atoms with van der Waals surface area (Å²) in [6.45, 7) is 3.57. The van der Waals surface area contributed by atoms with Gasteiger partial charge in [-0.3, -0.25) is 24.8 Å². The zero-order valence-electron chi connectivity index (χ0n) is 19.5. The monoisotopic (exact) mass is 516 g/mol. The number of amides is 2. The number of aliphatic carboxylic acids is 1. The van der Waals surface area contributed by atoms with Crippen molar-refractivity contribution in [1.29, 1.82) is 0 Å². The number of hydrogen-bond acceptors (Lipinski definition) is 5. The van der Waals surface area contributed by atoms with Crippen LogP contribution in [0.1, 0.15) is 63.6 Å². The lowest BCUT2D eigenvalue weighted by Gasteiger charge is -2.32. The highest BCUT2D eigenvalue weighted by atomic mass is 35.5. The number of hydrogen-bond donors (Lipinski definition) is 3. The molecule has 1 heterocycles. The highest BCUT2D eigenvalue weighted by Gasteiger charge is 2.34. The zero-order valence-corrected chi connectivity index (χ0v) is 21.0. The molecule has 184 valence electrons. The van der Waals surface area contributed by atoms with E-state index in [0.29, 0.717) is 34.2 Å². The highest BCUT2D eigenvalue weighted by Crippen LogP contribution is 2.35. The third-order valence-corrected chi connectivity index (χ3v) is 6.69. The van der Waals surface area contributed by atoms with E-state index in [1.54, 1.807) is 44.3 Å². The van der Waals surface area contributed by atoms with Crippen LogP contribution in [0.3, 0.4) is 0 Å². The fraction of sp³-hybridized carbons (Fsp3) is 0.280. The number of carboxylic acid groups (broad SMARTS) is 1. The Morgan fingerprint density at radius 1 is 1.29 bits per heavy atom. The van der Waals surface area contributed by atoms with Crippen LogP contribution in [0.2, 0.25) is 10.0 Å². The molecule has 0 fully saturated rings. The fourth-order valence-electron chi connectivity index (χ4n) is 4.30. The van der Waals surface area contributed by atoms with Gasteiger partial charge < -0.3 is 10.8 Å². The van der Waals surface area contributed by atoms with Crippen LogP contribution in [0.4, 0.5) is 0 Å². The van der Waals surface area contributed by atoms with Gasteiger partial charge >= 0.3 is 5.97 Å². The molecule has 3 rings (SSSR count). The standard InChI is InChI=1S/C25H26Cl2N4O4/c1-4-17(13(2)25(34)35)18-7-5-6-14-12-31(30-23(32)21(14)18)24(33)22-19(26)8-15(9-20(22)27)16(10-28)11-29-3/h5-11,13,17H,4,12,28H2,1-3H3,(H,30,32)(H,34,35)/t13-,17+/m0/s1. The molecule has 0 spiro atoms. The third kappa shape index (κ3) is 5.18. The molecule has 1 aliphatic rings. The number of nitrogens with one attached hydrogen (secondary N) is 1. The molecule has 10 heteroatoms. The van der Waals surface area contributed by atoms with Crippen molar-refractivity contribution in [3.05, 3.63) is 74.4 Å². The van der Waals surface area contributed by atoms with Crippen molar-refractivity contribution in [2.45, 2.75) is 32.7 Å². The van der Waals surface area contributed by atoms with Crippen molar-refractivity contribution in [3.8, 4) is 0 Å². The largest absolute Gasteiger partial charge is 0.481 e. The van der Waals surface area contributed by atoms with E-state index in [9.17, 15) is 19.5 Å². The molecule has 0 unspecified atom stereocenters. The number of fused-ring (bicyclic) bond motifs is 1. The van der Waals surface area contributed by atoms with E-state index in [4.69, 9.17) is 28.9 Å². The van der Waals surface area contributed by atoms with Crippen LogP contribution in [-0.4, -0.2) is 41.2 Å². The lowest BCUT2D eigenvalue weighted by molar-refractivity contribution is -0.141. The van der Waals surface area contributed by atoms with Crippen molar-refractivity contribution >= 4 is 52.8 Å². The van der Waals surface area contributed by atoms with E-state index in [-0.39, 0.29) is 28.1 Å². The van der Waals surface area contributed by atoms with Gasteiger partial charge in [0.2, 0.25) is 0 Å². The Bertz CT molecular complexity index is 1220. The fourth-order valence-corrected chi connectivity index (χ4v) is 4.94. The van der Waals surface area contributed by atoms with Crippen LogP contribution in [0.5, 0.6) is 0 Å². The number of nitrogens with zero attached hydrogens (tertiary/aromatic N) is 2. The molecule has 2 amide bonds. The van der Waals surface area contributed by atoms with Crippen LogP contribution < -0.4 is 11.2 Å². The second-order valence-electron chi connectivity index (χ2n) is 8.18. The maximum absolute atomic E-state index is 13.3. The number of aliphatic imine (C=N–C) groups is 1. The molecule has 0 bridgehead atoms. The van der Waals surface area contributed by atoms with Gasteiger partial charge in [0.15, 0.2) is 0 Å². The van der Waals surface area contributed by atoms with Gasteiger partial charge in [0.1, 0.15) is 0 Å². The predicted octanol–water partition coefficient (Wildman–Crippen LogP) is 4.51. The number of benzene rings is 2. The van der Waals surface area contributed by atoms with Crippen molar-refractivity contribution in [3.63, 3.8) is 0 Å². The minimum Gasteiger partial charge on any atom is -0.481 e. The molecule has 0 aromatic heterocycles. The summed E-state index contributed by atoms with van der Waals surface area (Å²) in [5.41, 5.74) is 11.1. The number of halogens is 2. The lowest BCUT2D eigenvalue weighted by Crippen LogP contribution is -2.50. The molecule has 0 radical (unpaired) electrons. The minimum atomic E-state index is -0.937. The first kappa shape index (κ1) is 26.2. The van der Waals surface area contributed by atoms with Gasteiger partial charge in [0.25, 0.3) is 11.8 Å². The molecular weight excluding hydrogens is 491 g/mol. The maximum Gasteiger partial charge on any atom is 0.306 e. The molecule has 0 saturated heterocycles. The Hall–Kier alpha value is -3.36. The van der Waals surface area contributed by atoms with Crippen molar-refractivity contribution in [2.24, 2.45) is 16.6 Å². The van der Waals surface area contributed by atoms with Gasteiger partial charge in [-0.25, -0.2) is 5.01 Å². The van der Waals surface area contributed by atoms with Crippen LogP contribution >= 0.6 is 23.2 Å². The molecule has 1 aliphatic heterocycles. The van der Waals surface area contributed by atoms with Crippen LogP contribution in [-0.2, 0) is 11.3 Å². The van der Waals surface area contributed by atoms with Crippen LogP contribution in [0.15, 0.2) is 41.5 Å². The average molecular weight is 517 g/mol. The summed E-state index contributed by atoms with van der Waals surface area (Å²) in [7, 11) is 1.60. The molecule has 4 N–H and O–H groups in total. The van der Waals surface area contributed by atoms with E-state index >= 15 is 0 Å². The first-order chi connectivity index (χ1) is 16.6. The lowest BCUT2D eigenvalue weighted by atomic mass is 9.81. The Morgan fingerprint density at radius 3 is 2.49 bits per heavy atom. The van der Waals surface area contributed by atoms with E-state index in [1.807, 2.05) is 6.92 Å². The van der Waals surface area contributed by atoms with Gasteiger partial charge in [-0.15, -0.1) is 0 Å². The van der Waals surface area contributed by atoms with Gasteiger partial charge in [-0.1, -0.05) is 55.2 Å². The second kappa shape index (κ2) is 10.9. The summed E-state index contributed by atoms with van der Waals surface area (Å²) in [4.78, 5) is 42.0. The Kier molecular flexibility index (Phi) is 8.19. The molecule has 35 heavy (non-hydrogen) atoms. The topological polar surface area (TPSA) is 125 Å². The van der Waals surface area contributed by atoms with Gasteiger partial charge in [0.05, 0.1) is 28.1 Å². The van der Waals surface area contributed by atoms with E-state index in [0.717, 1.165) is 5.01 Å². The normalized spacial score (nSPS) is 15.5. The van der Waals surface area contributed by atoms with E-state index in [2.05, 4.69) is 10.4 Å². The summed E-state index contributed by atoms with van der Waals surface area (Å²) < 4.78 is 0. The number of carboxylic acids is 1. The van der Waals surface area contributed by atoms with Crippen LogP contribution in [0.25, 0.3) is 5.57 Å².